The third-order valence-corrected chi connectivity index (χ3v) is 4.23. The number of nitrogens with one attached hydrogen (secondary N) is 1. The third-order valence-electron chi connectivity index (χ3n) is 3.54. The summed E-state index contributed by atoms with van der Waals surface area (Å²) in [7, 11) is 0. The van der Waals surface area contributed by atoms with Crippen molar-refractivity contribution in [2.75, 3.05) is 6.61 Å². The highest BCUT2D eigenvalue weighted by Gasteiger charge is 2.14. The zero-order chi connectivity index (χ0) is 18.4. The van der Waals surface area contributed by atoms with Crippen LogP contribution >= 0.6 is 11.3 Å². The Hall–Kier alpha value is -3.07. The average Bonchev–Trinajstić information content (AvgIpc) is 3.32. The van der Waals surface area contributed by atoms with E-state index in [2.05, 4.69) is 20.7 Å². The SMILES string of the molecule is C[C@H](NC(=O)COC(=O)Cn1nnc(-c2ccsc2)n1)c1ccccc1. The van der Waals surface area contributed by atoms with Gasteiger partial charge in [-0.15, -0.1) is 10.2 Å². The third kappa shape index (κ3) is 4.73. The van der Waals surface area contributed by atoms with Crippen molar-refractivity contribution < 1.29 is 14.3 Å². The van der Waals surface area contributed by atoms with Crippen LogP contribution in [0.3, 0.4) is 0 Å². The van der Waals surface area contributed by atoms with Gasteiger partial charge in [0.05, 0.1) is 6.04 Å². The molecule has 2 heterocycles. The molecule has 0 unspecified atom stereocenters. The highest BCUT2D eigenvalue weighted by Crippen LogP contribution is 2.16. The molecule has 0 saturated heterocycles. The summed E-state index contributed by atoms with van der Waals surface area (Å²) in [6.07, 6.45) is 0. The van der Waals surface area contributed by atoms with Gasteiger partial charge in [0.25, 0.3) is 5.91 Å². The number of carbonyl (C=O) groups excluding carboxylic acids is 2. The minimum Gasteiger partial charge on any atom is -0.454 e. The van der Waals surface area contributed by atoms with E-state index >= 15 is 0 Å². The molecule has 0 aliphatic carbocycles. The van der Waals surface area contributed by atoms with Crippen molar-refractivity contribution in [1.29, 1.82) is 0 Å². The van der Waals surface area contributed by atoms with Gasteiger partial charge in [0.15, 0.2) is 13.2 Å². The number of rotatable bonds is 7. The first-order valence-electron chi connectivity index (χ1n) is 7.92. The summed E-state index contributed by atoms with van der Waals surface area (Å²) >= 11 is 1.52. The molecule has 0 fully saturated rings. The maximum atomic E-state index is 11.9. The fourth-order valence-electron chi connectivity index (χ4n) is 2.23. The molecule has 1 atom stereocenters. The van der Waals surface area contributed by atoms with Gasteiger partial charge in [-0.2, -0.15) is 16.1 Å². The first kappa shape index (κ1) is 17.7. The number of carbonyl (C=O) groups is 2. The molecular weight excluding hydrogens is 354 g/mol. The second-order valence-corrected chi connectivity index (χ2v) is 6.30. The van der Waals surface area contributed by atoms with Crippen molar-refractivity contribution in [2.45, 2.75) is 19.5 Å². The van der Waals surface area contributed by atoms with Gasteiger partial charge in [0, 0.05) is 10.9 Å². The van der Waals surface area contributed by atoms with Gasteiger partial charge in [0.1, 0.15) is 0 Å². The van der Waals surface area contributed by atoms with E-state index in [1.807, 2.05) is 54.1 Å². The van der Waals surface area contributed by atoms with Crippen LogP contribution in [0.15, 0.2) is 47.2 Å². The van der Waals surface area contributed by atoms with E-state index in [1.54, 1.807) is 0 Å². The molecule has 2 aromatic heterocycles. The molecular formula is C17H17N5O3S. The summed E-state index contributed by atoms with van der Waals surface area (Å²) in [5.41, 5.74) is 1.81. The van der Waals surface area contributed by atoms with Gasteiger partial charge in [-0.3, -0.25) is 4.79 Å². The number of benzene rings is 1. The maximum Gasteiger partial charge on any atom is 0.330 e. The lowest BCUT2D eigenvalue weighted by Crippen LogP contribution is -2.31. The van der Waals surface area contributed by atoms with E-state index in [0.717, 1.165) is 15.9 Å². The van der Waals surface area contributed by atoms with Crippen molar-refractivity contribution >= 4 is 23.2 Å². The summed E-state index contributed by atoms with van der Waals surface area (Å²) in [5.74, 6) is -0.546. The second kappa shape index (κ2) is 8.34. The van der Waals surface area contributed by atoms with Crippen molar-refractivity contribution in [1.82, 2.24) is 25.5 Å². The highest BCUT2D eigenvalue weighted by atomic mass is 32.1. The van der Waals surface area contributed by atoms with Crippen LogP contribution < -0.4 is 5.32 Å². The number of hydrogen-bond donors (Lipinski definition) is 1. The largest absolute Gasteiger partial charge is 0.454 e. The van der Waals surface area contributed by atoms with E-state index in [0.29, 0.717) is 5.82 Å². The van der Waals surface area contributed by atoms with Gasteiger partial charge in [-0.05, 0) is 29.1 Å². The van der Waals surface area contributed by atoms with E-state index in [9.17, 15) is 9.59 Å². The van der Waals surface area contributed by atoms with Crippen LogP contribution in [0.25, 0.3) is 11.4 Å². The van der Waals surface area contributed by atoms with Gasteiger partial charge in [0.2, 0.25) is 5.82 Å². The molecule has 0 bridgehead atoms. The Morgan fingerprint density at radius 3 is 2.81 bits per heavy atom. The topological polar surface area (TPSA) is 99.0 Å². The molecule has 8 nitrogen and oxygen atoms in total. The Morgan fingerprint density at radius 1 is 1.27 bits per heavy atom. The van der Waals surface area contributed by atoms with E-state index in [-0.39, 0.29) is 25.1 Å². The second-order valence-electron chi connectivity index (χ2n) is 5.52. The van der Waals surface area contributed by atoms with E-state index in [1.165, 1.54) is 11.3 Å². The van der Waals surface area contributed by atoms with Crippen molar-refractivity contribution in [2.24, 2.45) is 0 Å². The van der Waals surface area contributed by atoms with Crippen molar-refractivity contribution in [3.63, 3.8) is 0 Å². The zero-order valence-electron chi connectivity index (χ0n) is 14.0. The lowest BCUT2D eigenvalue weighted by Gasteiger charge is -2.14. The minimum atomic E-state index is -0.609. The van der Waals surface area contributed by atoms with Crippen LogP contribution in [-0.2, 0) is 20.9 Å². The number of tetrazole rings is 1. The number of hydrogen-bond acceptors (Lipinski definition) is 7. The average molecular weight is 371 g/mol. The van der Waals surface area contributed by atoms with Gasteiger partial charge >= 0.3 is 5.97 Å². The predicted octanol–water partition coefficient (Wildman–Crippen LogP) is 1.82. The van der Waals surface area contributed by atoms with Crippen LogP contribution in [0.1, 0.15) is 18.5 Å². The Morgan fingerprint density at radius 2 is 2.08 bits per heavy atom. The summed E-state index contributed by atoms with van der Waals surface area (Å²) in [4.78, 5) is 24.9. The fourth-order valence-corrected chi connectivity index (χ4v) is 2.87. The molecule has 1 aromatic carbocycles. The summed E-state index contributed by atoms with van der Waals surface area (Å²) < 4.78 is 4.97. The molecule has 0 aliphatic heterocycles. The number of esters is 1. The van der Waals surface area contributed by atoms with E-state index < -0.39 is 5.97 Å². The summed E-state index contributed by atoms with van der Waals surface area (Å²) in [6.45, 7) is 1.29. The monoisotopic (exact) mass is 371 g/mol. The summed E-state index contributed by atoms with van der Waals surface area (Å²) in [6, 6.07) is 11.2. The number of nitrogens with zero attached hydrogens (tertiary/aromatic N) is 4. The molecule has 3 aromatic rings. The van der Waals surface area contributed by atoms with Crippen molar-refractivity contribution in [3.8, 4) is 11.4 Å². The number of amides is 1. The lowest BCUT2D eigenvalue weighted by atomic mass is 10.1. The minimum absolute atomic E-state index is 0.174. The molecule has 0 saturated carbocycles. The molecule has 0 radical (unpaired) electrons. The van der Waals surface area contributed by atoms with Crippen molar-refractivity contribution in [3.05, 3.63) is 52.7 Å². The number of aromatic nitrogens is 4. The first-order valence-corrected chi connectivity index (χ1v) is 8.86. The predicted molar refractivity (Wildman–Crippen MR) is 95.1 cm³/mol. The molecule has 0 spiro atoms. The molecule has 0 aliphatic rings. The van der Waals surface area contributed by atoms with Gasteiger partial charge in [-0.1, -0.05) is 30.3 Å². The smallest absolute Gasteiger partial charge is 0.330 e. The van der Waals surface area contributed by atoms with E-state index in [4.69, 9.17) is 4.74 Å². The van der Waals surface area contributed by atoms with Crippen LogP contribution in [0, 0.1) is 0 Å². The fraction of sp³-hybridized carbons (Fsp3) is 0.235. The normalized spacial score (nSPS) is 11.7. The van der Waals surface area contributed by atoms with Crippen LogP contribution in [0.5, 0.6) is 0 Å². The molecule has 1 amide bonds. The number of ether oxygens (including phenoxy) is 1. The number of thiophene rings is 1. The summed E-state index contributed by atoms with van der Waals surface area (Å²) in [5, 5.41) is 18.4. The first-order chi connectivity index (χ1) is 12.6. The molecule has 134 valence electrons. The molecule has 9 heteroatoms. The Bertz CT molecular complexity index is 864. The maximum absolute atomic E-state index is 11.9. The quantitative estimate of drug-likeness (QED) is 0.636. The molecule has 26 heavy (non-hydrogen) atoms. The standard InChI is InChI=1S/C17H17N5O3S/c1-12(13-5-3-2-4-6-13)18-15(23)10-25-16(24)9-22-20-17(19-21-22)14-7-8-26-11-14/h2-8,11-12H,9-10H2,1H3,(H,18,23)/t12-/m0/s1. The van der Waals surface area contributed by atoms with Gasteiger partial charge < -0.3 is 10.1 Å². The lowest BCUT2D eigenvalue weighted by molar-refractivity contribution is -0.149. The van der Waals surface area contributed by atoms with Crippen LogP contribution in [0.2, 0.25) is 0 Å². The van der Waals surface area contributed by atoms with Crippen LogP contribution in [0.4, 0.5) is 0 Å². The van der Waals surface area contributed by atoms with Crippen LogP contribution in [-0.4, -0.2) is 38.7 Å². The highest BCUT2D eigenvalue weighted by molar-refractivity contribution is 7.08. The molecule has 3 rings (SSSR count). The van der Waals surface area contributed by atoms with Gasteiger partial charge in [-0.25, -0.2) is 4.79 Å². The Kier molecular flexibility index (Phi) is 5.69. The Labute approximate surface area is 153 Å². The Balaban J connectivity index is 1.44. The zero-order valence-corrected chi connectivity index (χ0v) is 14.8. The molecule has 1 N–H and O–H groups in total.